The standard InChI is InChI=1S/C14H24N2O/c1-16(9-6-10-17-2)12-14(11-15)13-7-4-3-5-8-13/h3-5,7-8,14H,6,9-12,15H2,1-2H3. The van der Waals surface area contributed by atoms with E-state index in [1.165, 1.54) is 5.56 Å². The van der Waals surface area contributed by atoms with E-state index in [0.717, 1.165) is 26.1 Å². The van der Waals surface area contributed by atoms with E-state index in [2.05, 4.69) is 36.2 Å². The fraction of sp³-hybridized carbons (Fsp3) is 0.571. The van der Waals surface area contributed by atoms with Crippen LogP contribution in [0.5, 0.6) is 0 Å². The van der Waals surface area contributed by atoms with Crippen LogP contribution in [0.2, 0.25) is 0 Å². The zero-order valence-electron chi connectivity index (χ0n) is 10.9. The van der Waals surface area contributed by atoms with Crippen molar-refractivity contribution in [1.29, 1.82) is 0 Å². The number of nitrogens with zero attached hydrogens (tertiary/aromatic N) is 1. The summed E-state index contributed by atoms with van der Waals surface area (Å²) in [5.41, 5.74) is 7.18. The molecule has 1 unspecified atom stereocenters. The van der Waals surface area contributed by atoms with Crippen LogP contribution in [-0.2, 0) is 4.74 Å². The van der Waals surface area contributed by atoms with Crippen molar-refractivity contribution in [2.45, 2.75) is 12.3 Å². The van der Waals surface area contributed by atoms with E-state index in [4.69, 9.17) is 10.5 Å². The van der Waals surface area contributed by atoms with Gasteiger partial charge >= 0.3 is 0 Å². The molecular weight excluding hydrogens is 212 g/mol. The Morgan fingerprint density at radius 2 is 2.00 bits per heavy atom. The monoisotopic (exact) mass is 236 g/mol. The SMILES string of the molecule is COCCCN(C)CC(CN)c1ccccc1. The van der Waals surface area contributed by atoms with Crippen molar-refractivity contribution in [3.63, 3.8) is 0 Å². The van der Waals surface area contributed by atoms with E-state index in [9.17, 15) is 0 Å². The summed E-state index contributed by atoms with van der Waals surface area (Å²) in [6.45, 7) is 3.57. The first-order valence-corrected chi connectivity index (χ1v) is 6.20. The lowest BCUT2D eigenvalue weighted by Crippen LogP contribution is -2.30. The molecule has 0 heterocycles. The molecule has 0 saturated heterocycles. The summed E-state index contributed by atoms with van der Waals surface area (Å²) in [4.78, 5) is 2.32. The van der Waals surface area contributed by atoms with Crippen molar-refractivity contribution in [1.82, 2.24) is 4.90 Å². The normalized spacial score (nSPS) is 12.9. The fourth-order valence-corrected chi connectivity index (χ4v) is 1.99. The Labute approximate surface area is 105 Å². The highest BCUT2D eigenvalue weighted by atomic mass is 16.5. The lowest BCUT2D eigenvalue weighted by Gasteiger charge is -2.23. The van der Waals surface area contributed by atoms with Crippen molar-refractivity contribution in [3.05, 3.63) is 35.9 Å². The first-order valence-electron chi connectivity index (χ1n) is 6.20. The lowest BCUT2D eigenvalue weighted by atomic mass is 9.99. The van der Waals surface area contributed by atoms with Crippen LogP contribution in [0.3, 0.4) is 0 Å². The third-order valence-corrected chi connectivity index (χ3v) is 2.98. The van der Waals surface area contributed by atoms with Gasteiger partial charge in [-0.1, -0.05) is 30.3 Å². The molecule has 0 saturated carbocycles. The second-order valence-electron chi connectivity index (χ2n) is 4.45. The van der Waals surface area contributed by atoms with Gasteiger partial charge in [-0.2, -0.15) is 0 Å². The molecule has 0 amide bonds. The Morgan fingerprint density at radius 3 is 2.59 bits per heavy atom. The van der Waals surface area contributed by atoms with Crippen LogP contribution < -0.4 is 5.73 Å². The van der Waals surface area contributed by atoms with Crippen molar-refractivity contribution < 1.29 is 4.74 Å². The largest absolute Gasteiger partial charge is 0.385 e. The second kappa shape index (κ2) is 8.23. The summed E-state index contributed by atoms with van der Waals surface area (Å²) < 4.78 is 5.06. The summed E-state index contributed by atoms with van der Waals surface area (Å²) in [5, 5.41) is 0. The highest BCUT2D eigenvalue weighted by molar-refractivity contribution is 5.20. The van der Waals surface area contributed by atoms with Crippen LogP contribution in [-0.4, -0.2) is 45.3 Å². The summed E-state index contributed by atoms with van der Waals surface area (Å²) in [7, 11) is 3.88. The molecule has 17 heavy (non-hydrogen) atoms. The van der Waals surface area contributed by atoms with Crippen molar-refractivity contribution in [2.75, 3.05) is 40.4 Å². The summed E-state index contributed by atoms with van der Waals surface area (Å²) in [6, 6.07) is 10.5. The van der Waals surface area contributed by atoms with Gasteiger partial charge in [0, 0.05) is 39.3 Å². The maximum absolute atomic E-state index is 5.86. The van der Waals surface area contributed by atoms with Gasteiger partial charge in [0.05, 0.1) is 0 Å². The third-order valence-electron chi connectivity index (χ3n) is 2.98. The minimum absolute atomic E-state index is 0.420. The van der Waals surface area contributed by atoms with Gasteiger partial charge in [0.25, 0.3) is 0 Å². The molecule has 0 aliphatic rings. The van der Waals surface area contributed by atoms with Gasteiger partial charge in [-0.3, -0.25) is 0 Å². The van der Waals surface area contributed by atoms with Crippen LogP contribution in [0, 0.1) is 0 Å². The Kier molecular flexibility index (Phi) is 6.86. The topological polar surface area (TPSA) is 38.5 Å². The Balaban J connectivity index is 2.41. The minimum atomic E-state index is 0.420. The van der Waals surface area contributed by atoms with E-state index in [0.29, 0.717) is 12.5 Å². The lowest BCUT2D eigenvalue weighted by molar-refractivity contribution is 0.178. The van der Waals surface area contributed by atoms with Gasteiger partial charge in [-0.05, 0) is 19.0 Å². The molecule has 0 bridgehead atoms. The Hall–Kier alpha value is -0.900. The number of hydrogen-bond donors (Lipinski definition) is 1. The van der Waals surface area contributed by atoms with E-state index in [-0.39, 0.29) is 0 Å². The van der Waals surface area contributed by atoms with Gasteiger partial charge in [0.15, 0.2) is 0 Å². The minimum Gasteiger partial charge on any atom is -0.385 e. The fourth-order valence-electron chi connectivity index (χ4n) is 1.99. The van der Waals surface area contributed by atoms with Gasteiger partial charge < -0.3 is 15.4 Å². The molecule has 0 aromatic heterocycles. The first kappa shape index (κ1) is 14.2. The molecule has 0 aliphatic carbocycles. The van der Waals surface area contributed by atoms with Crippen LogP contribution in [0.25, 0.3) is 0 Å². The second-order valence-corrected chi connectivity index (χ2v) is 4.45. The van der Waals surface area contributed by atoms with Gasteiger partial charge in [-0.15, -0.1) is 0 Å². The molecule has 1 aromatic rings. The van der Waals surface area contributed by atoms with Crippen molar-refractivity contribution in [3.8, 4) is 0 Å². The zero-order valence-corrected chi connectivity index (χ0v) is 10.9. The summed E-state index contributed by atoms with van der Waals surface area (Å²) >= 11 is 0. The maximum Gasteiger partial charge on any atom is 0.0474 e. The van der Waals surface area contributed by atoms with Crippen LogP contribution in [0.4, 0.5) is 0 Å². The summed E-state index contributed by atoms with van der Waals surface area (Å²) in [5.74, 6) is 0.420. The van der Waals surface area contributed by atoms with E-state index in [1.807, 2.05) is 6.07 Å². The van der Waals surface area contributed by atoms with Crippen molar-refractivity contribution in [2.24, 2.45) is 5.73 Å². The molecular formula is C14H24N2O. The van der Waals surface area contributed by atoms with Gasteiger partial charge in [0.2, 0.25) is 0 Å². The van der Waals surface area contributed by atoms with Crippen LogP contribution in [0.15, 0.2) is 30.3 Å². The highest BCUT2D eigenvalue weighted by Gasteiger charge is 2.11. The maximum atomic E-state index is 5.86. The molecule has 1 aromatic carbocycles. The van der Waals surface area contributed by atoms with Gasteiger partial charge in [-0.25, -0.2) is 0 Å². The van der Waals surface area contributed by atoms with Crippen molar-refractivity contribution >= 4 is 0 Å². The third kappa shape index (κ3) is 5.31. The number of likely N-dealkylation sites (N-methyl/N-ethyl adjacent to an activating group) is 1. The zero-order chi connectivity index (χ0) is 12.5. The average Bonchev–Trinajstić information content (AvgIpc) is 2.37. The number of rotatable bonds is 8. The molecule has 0 radical (unpaired) electrons. The number of nitrogens with two attached hydrogens (primary N) is 1. The van der Waals surface area contributed by atoms with E-state index in [1.54, 1.807) is 7.11 Å². The molecule has 1 atom stereocenters. The molecule has 3 heteroatoms. The highest BCUT2D eigenvalue weighted by Crippen LogP contribution is 2.15. The molecule has 96 valence electrons. The smallest absolute Gasteiger partial charge is 0.0474 e. The predicted molar refractivity (Wildman–Crippen MR) is 72.2 cm³/mol. The van der Waals surface area contributed by atoms with Crippen LogP contribution >= 0.6 is 0 Å². The number of ether oxygens (including phenoxy) is 1. The number of benzene rings is 1. The average molecular weight is 236 g/mol. The summed E-state index contributed by atoms with van der Waals surface area (Å²) in [6.07, 6.45) is 1.07. The molecule has 0 aliphatic heterocycles. The van der Waals surface area contributed by atoms with Gasteiger partial charge in [0.1, 0.15) is 0 Å². The van der Waals surface area contributed by atoms with Crippen LogP contribution in [0.1, 0.15) is 17.9 Å². The number of hydrogen-bond acceptors (Lipinski definition) is 3. The Bertz CT molecular complexity index is 290. The molecule has 0 spiro atoms. The van der Waals surface area contributed by atoms with E-state index >= 15 is 0 Å². The molecule has 0 fully saturated rings. The number of methoxy groups -OCH3 is 1. The molecule has 2 N–H and O–H groups in total. The predicted octanol–water partition coefficient (Wildman–Crippen LogP) is 1.70. The molecule has 3 nitrogen and oxygen atoms in total. The Morgan fingerprint density at radius 1 is 1.29 bits per heavy atom. The quantitative estimate of drug-likeness (QED) is 0.698. The first-order chi connectivity index (χ1) is 8.27. The van der Waals surface area contributed by atoms with E-state index < -0.39 is 0 Å². The molecule has 1 rings (SSSR count).